The third-order valence-corrected chi connectivity index (χ3v) is 2.24. The van der Waals surface area contributed by atoms with Crippen LogP contribution >= 0.6 is 0 Å². The summed E-state index contributed by atoms with van der Waals surface area (Å²) in [5.41, 5.74) is 5.50. The van der Waals surface area contributed by atoms with Crippen molar-refractivity contribution in [3.63, 3.8) is 0 Å². The molecule has 1 aromatic heterocycles. The number of carboxylic acid groups (broad SMARTS) is 1. The van der Waals surface area contributed by atoms with Crippen molar-refractivity contribution < 1.29 is 19.4 Å². The average Bonchev–Trinajstić information content (AvgIpc) is 2.29. The number of aromatic nitrogens is 1. The van der Waals surface area contributed by atoms with Crippen LogP contribution in [0.15, 0.2) is 18.3 Å². The van der Waals surface area contributed by atoms with E-state index < -0.39 is 17.8 Å². The van der Waals surface area contributed by atoms with Crippen LogP contribution in [0.1, 0.15) is 26.3 Å². The molecule has 0 bridgehead atoms. The molecule has 1 rings (SSSR count). The SMILES string of the molecule is CC(C)(C)OC(=O)N(C(=O)O)c1ccc(CCN)cn1. The number of ether oxygens (including phenoxy) is 1. The highest BCUT2D eigenvalue weighted by Crippen LogP contribution is 2.17. The van der Waals surface area contributed by atoms with Gasteiger partial charge < -0.3 is 15.6 Å². The molecule has 1 heterocycles. The number of amides is 2. The smallest absolute Gasteiger partial charge is 0.425 e. The van der Waals surface area contributed by atoms with E-state index >= 15 is 0 Å². The highest BCUT2D eigenvalue weighted by atomic mass is 16.6. The first kappa shape index (κ1) is 15.9. The minimum absolute atomic E-state index is 0.00692. The summed E-state index contributed by atoms with van der Waals surface area (Å²) in [6, 6.07) is 3.12. The van der Waals surface area contributed by atoms with Gasteiger partial charge in [-0.3, -0.25) is 0 Å². The van der Waals surface area contributed by atoms with E-state index in [9.17, 15) is 9.59 Å². The van der Waals surface area contributed by atoms with Crippen LogP contribution in [-0.2, 0) is 11.2 Å². The number of carbonyl (C=O) groups is 2. The van der Waals surface area contributed by atoms with Gasteiger partial charge in [0.2, 0.25) is 0 Å². The van der Waals surface area contributed by atoms with Crippen LogP contribution in [0.5, 0.6) is 0 Å². The van der Waals surface area contributed by atoms with Gasteiger partial charge in [-0.25, -0.2) is 14.6 Å². The van der Waals surface area contributed by atoms with Crippen molar-refractivity contribution in [2.45, 2.75) is 32.8 Å². The Morgan fingerprint density at radius 3 is 2.45 bits per heavy atom. The Labute approximate surface area is 117 Å². The normalized spacial score (nSPS) is 11.0. The van der Waals surface area contributed by atoms with Crippen molar-refractivity contribution in [2.24, 2.45) is 5.73 Å². The van der Waals surface area contributed by atoms with Crippen LogP contribution in [-0.4, -0.2) is 34.4 Å². The maximum atomic E-state index is 11.9. The van der Waals surface area contributed by atoms with Crippen LogP contribution in [0.4, 0.5) is 15.4 Å². The van der Waals surface area contributed by atoms with E-state index in [0.29, 0.717) is 17.9 Å². The van der Waals surface area contributed by atoms with Crippen LogP contribution < -0.4 is 10.6 Å². The Kier molecular flexibility index (Phi) is 5.04. The van der Waals surface area contributed by atoms with Crippen molar-refractivity contribution in [3.05, 3.63) is 23.9 Å². The molecule has 7 nitrogen and oxygen atoms in total. The number of hydrogen-bond acceptors (Lipinski definition) is 5. The summed E-state index contributed by atoms with van der Waals surface area (Å²) in [4.78, 5) is 27.5. The molecule has 3 N–H and O–H groups in total. The number of anilines is 1. The van der Waals surface area contributed by atoms with Gasteiger partial charge in [0.25, 0.3) is 0 Å². The molecule has 0 unspecified atom stereocenters. The molecule has 20 heavy (non-hydrogen) atoms. The molecule has 1 aromatic rings. The van der Waals surface area contributed by atoms with Crippen LogP contribution in [0.25, 0.3) is 0 Å². The van der Waals surface area contributed by atoms with E-state index in [0.717, 1.165) is 5.56 Å². The zero-order chi connectivity index (χ0) is 15.3. The number of nitrogens with two attached hydrogens (primary N) is 1. The summed E-state index contributed by atoms with van der Waals surface area (Å²) in [5.74, 6) is -0.00692. The van der Waals surface area contributed by atoms with E-state index in [1.54, 1.807) is 26.8 Å². The zero-order valence-electron chi connectivity index (χ0n) is 11.8. The van der Waals surface area contributed by atoms with Gasteiger partial charge in [-0.15, -0.1) is 0 Å². The van der Waals surface area contributed by atoms with Gasteiger partial charge in [-0.2, -0.15) is 4.90 Å². The summed E-state index contributed by atoms with van der Waals surface area (Å²) in [6.45, 7) is 5.43. The van der Waals surface area contributed by atoms with Gasteiger partial charge in [-0.1, -0.05) is 6.07 Å². The summed E-state index contributed by atoms with van der Waals surface area (Å²) < 4.78 is 5.04. The Bertz CT molecular complexity index is 479. The Balaban J connectivity index is 2.96. The first-order valence-corrected chi connectivity index (χ1v) is 6.15. The summed E-state index contributed by atoms with van der Waals surface area (Å²) in [5, 5.41) is 9.13. The quantitative estimate of drug-likeness (QED) is 0.877. The first-order valence-electron chi connectivity index (χ1n) is 6.15. The second-order valence-corrected chi connectivity index (χ2v) is 5.16. The summed E-state index contributed by atoms with van der Waals surface area (Å²) in [6.07, 6.45) is -0.308. The highest BCUT2D eigenvalue weighted by Gasteiger charge is 2.29. The average molecular weight is 281 g/mol. The number of nitrogens with zero attached hydrogens (tertiary/aromatic N) is 2. The molecular weight excluding hydrogens is 262 g/mol. The number of hydrogen-bond donors (Lipinski definition) is 2. The molecule has 0 radical (unpaired) electrons. The first-order chi connectivity index (χ1) is 9.24. The maximum Gasteiger partial charge on any atom is 0.425 e. The third kappa shape index (κ3) is 4.51. The largest absolute Gasteiger partial charge is 0.464 e. The topological polar surface area (TPSA) is 106 Å². The van der Waals surface area contributed by atoms with Crippen LogP contribution in [0, 0.1) is 0 Å². The zero-order valence-corrected chi connectivity index (χ0v) is 11.8. The lowest BCUT2D eigenvalue weighted by Gasteiger charge is -2.23. The Morgan fingerprint density at radius 1 is 1.40 bits per heavy atom. The molecule has 0 atom stereocenters. The van der Waals surface area contributed by atoms with Gasteiger partial charge in [0.15, 0.2) is 0 Å². The maximum absolute atomic E-state index is 11.9. The molecule has 0 aliphatic rings. The third-order valence-electron chi connectivity index (χ3n) is 2.24. The summed E-state index contributed by atoms with van der Waals surface area (Å²) >= 11 is 0. The van der Waals surface area contributed by atoms with E-state index in [-0.39, 0.29) is 5.82 Å². The predicted octanol–water partition coefficient (Wildman–Crippen LogP) is 2.00. The highest BCUT2D eigenvalue weighted by molar-refractivity contribution is 6.07. The Morgan fingerprint density at radius 2 is 2.05 bits per heavy atom. The fourth-order valence-corrected chi connectivity index (χ4v) is 1.44. The fraction of sp³-hybridized carbons (Fsp3) is 0.462. The summed E-state index contributed by atoms with van der Waals surface area (Å²) in [7, 11) is 0. The van der Waals surface area contributed by atoms with Gasteiger partial charge in [0.05, 0.1) is 0 Å². The number of pyridine rings is 1. The van der Waals surface area contributed by atoms with Crippen molar-refractivity contribution in [1.29, 1.82) is 0 Å². The van der Waals surface area contributed by atoms with Gasteiger partial charge in [0.1, 0.15) is 11.4 Å². The second kappa shape index (κ2) is 6.33. The molecule has 7 heteroatoms. The van der Waals surface area contributed by atoms with Crippen molar-refractivity contribution in [1.82, 2.24) is 4.98 Å². The van der Waals surface area contributed by atoms with E-state index in [4.69, 9.17) is 15.6 Å². The lowest BCUT2D eigenvalue weighted by molar-refractivity contribution is 0.0581. The van der Waals surface area contributed by atoms with Crippen LogP contribution in [0.3, 0.4) is 0 Å². The molecule has 0 aliphatic carbocycles. The van der Waals surface area contributed by atoms with Gasteiger partial charge in [-0.05, 0) is 45.4 Å². The van der Waals surface area contributed by atoms with E-state index in [1.165, 1.54) is 12.3 Å². The lowest BCUT2D eigenvalue weighted by Crippen LogP contribution is -2.40. The van der Waals surface area contributed by atoms with Gasteiger partial charge in [0, 0.05) is 6.20 Å². The minimum atomic E-state index is -1.45. The van der Waals surface area contributed by atoms with Crippen LogP contribution in [0.2, 0.25) is 0 Å². The van der Waals surface area contributed by atoms with Crippen molar-refractivity contribution in [3.8, 4) is 0 Å². The number of imide groups is 1. The molecule has 0 fully saturated rings. The predicted molar refractivity (Wildman–Crippen MR) is 73.7 cm³/mol. The fourth-order valence-electron chi connectivity index (χ4n) is 1.44. The van der Waals surface area contributed by atoms with Crippen molar-refractivity contribution in [2.75, 3.05) is 11.4 Å². The van der Waals surface area contributed by atoms with Gasteiger partial charge >= 0.3 is 12.2 Å². The molecule has 0 saturated heterocycles. The molecule has 0 aliphatic heterocycles. The van der Waals surface area contributed by atoms with E-state index in [2.05, 4.69) is 4.98 Å². The van der Waals surface area contributed by atoms with E-state index in [1.807, 2.05) is 0 Å². The molecular formula is C13H19N3O4. The Hall–Kier alpha value is -2.15. The number of rotatable bonds is 3. The molecule has 0 aromatic carbocycles. The molecule has 110 valence electrons. The lowest BCUT2D eigenvalue weighted by atomic mass is 10.2. The monoisotopic (exact) mass is 281 g/mol. The van der Waals surface area contributed by atoms with Crippen molar-refractivity contribution >= 4 is 18.0 Å². The second-order valence-electron chi connectivity index (χ2n) is 5.16. The minimum Gasteiger partial charge on any atom is -0.464 e. The molecule has 0 saturated carbocycles. The molecule has 2 amide bonds. The molecule has 0 spiro atoms. The number of carbonyl (C=O) groups excluding carboxylic acids is 1. The standard InChI is InChI=1S/C13H19N3O4/c1-13(2,3)20-12(19)16(11(17)18)10-5-4-9(6-7-14)8-15-10/h4-5,8H,6-7,14H2,1-3H3,(H,17,18).